The highest BCUT2D eigenvalue weighted by Crippen LogP contribution is 2.34. The topological polar surface area (TPSA) is 72.3 Å². The van der Waals surface area contributed by atoms with Crippen molar-refractivity contribution in [2.75, 3.05) is 7.11 Å². The molecule has 0 radical (unpaired) electrons. The highest BCUT2D eigenvalue weighted by molar-refractivity contribution is 5.71. The van der Waals surface area contributed by atoms with Crippen molar-refractivity contribution < 1.29 is 27.8 Å². The number of halogens is 3. The zero-order valence-corrected chi connectivity index (χ0v) is 9.00. The molecule has 0 atom stereocenters. The second-order valence-corrected chi connectivity index (χ2v) is 3.18. The number of nitrogens with zero attached hydrogens (tertiary/aromatic N) is 2. The average molecular weight is 250 g/mol. The number of alkyl halides is 3. The van der Waals surface area contributed by atoms with E-state index in [0.29, 0.717) is 0 Å². The molecule has 8 heteroatoms. The third-order valence-corrected chi connectivity index (χ3v) is 1.87. The first-order chi connectivity index (χ1) is 7.75. The van der Waals surface area contributed by atoms with Crippen LogP contribution in [0.4, 0.5) is 13.2 Å². The van der Waals surface area contributed by atoms with Gasteiger partial charge in [-0.05, 0) is 6.92 Å². The summed E-state index contributed by atoms with van der Waals surface area (Å²) in [7, 11) is 1.12. The molecule has 0 saturated carbocycles. The third-order valence-electron chi connectivity index (χ3n) is 1.87. The summed E-state index contributed by atoms with van der Waals surface area (Å²) >= 11 is 0. The molecule has 0 aliphatic heterocycles. The summed E-state index contributed by atoms with van der Waals surface area (Å²) < 4.78 is 42.6. The molecule has 1 aromatic heterocycles. The van der Waals surface area contributed by atoms with E-state index < -0.39 is 29.8 Å². The number of aromatic nitrogens is 2. The van der Waals surface area contributed by atoms with Crippen molar-refractivity contribution in [3.05, 3.63) is 17.1 Å². The summed E-state index contributed by atoms with van der Waals surface area (Å²) in [5, 5.41) is 8.57. The van der Waals surface area contributed by atoms with E-state index in [1.54, 1.807) is 0 Å². The van der Waals surface area contributed by atoms with Gasteiger partial charge in [-0.25, -0.2) is 4.98 Å². The van der Waals surface area contributed by atoms with E-state index >= 15 is 0 Å². The zero-order valence-electron chi connectivity index (χ0n) is 9.00. The standard InChI is InChI=1S/C9H9F3N2O3/c1-4-13-7(9(10,11)12)5(3-6(15)16)8(14-4)17-2/h3H2,1-2H3,(H,15,16). The Balaban J connectivity index is 3.44. The van der Waals surface area contributed by atoms with E-state index in [0.717, 1.165) is 7.11 Å². The number of aliphatic carboxylic acids is 1. The summed E-state index contributed by atoms with van der Waals surface area (Å²) in [6.45, 7) is 1.27. The highest BCUT2D eigenvalue weighted by atomic mass is 19.4. The molecule has 0 aliphatic rings. The molecule has 1 heterocycles. The van der Waals surface area contributed by atoms with Crippen molar-refractivity contribution in [1.82, 2.24) is 9.97 Å². The van der Waals surface area contributed by atoms with Crippen LogP contribution >= 0.6 is 0 Å². The van der Waals surface area contributed by atoms with Gasteiger partial charge in [-0.15, -0.1) is 0 Å². The van der Waals surface area contributed by atoms with Crippen LogP contribution in [0.2, 0.25) is 0 Å². The van der Waals surface area contributed by atoms with Crippen LogP contribution in [0.3, 0.4) is 0 Å². The van der Waals surface area contributed by atoms with E-state index in [4.69, 9.17) is 5.11 Å². The minimum Gasteiger partial charge on any atom is -0.481 e. The van der Waals surface area contributed by atoms with Crippen LogP contribution in [0.15, 0.2) is 0 Å². The maximum absolute atomic E-state index is 12.7. The number of carbonyl (C=O) groups is 1. The van der Waals surface area contributed by atoms with Gasteiger partial charge in [0.2, 0.25) is 5.88 Å². The third kappa shape index (κ3) is 3.05. The van der Waals surface area contributed by atoms with Crippen molar-refractivity contribution in [3.63, 3.8) is 0 Å². The van der Waals surface area contributed by atoms with Gasteiger partial charge in [0.05, 0.1) is 19.1 Å². The fourth-order valence-electron chi connectivity index (χ4n) is 1.28. The molecule has 5 nitrogen and oxygen atoms in total. The summed E-state index contributed by atoms with van der Waals surface area (Å²) in [6, 6.07) is 0. The molecule has 0 unspecified atom stereocenters. The number of carboxylic acids is 1. The highest BCUT2D eigenvalue weighted by Gasteiger charge is 2.38. The second kappa shape index (κ2) is 4.56. The van der Waals surface area contributed by atoms with Crippen LogP contribution in [0.5, 0.6) is 5.88 Å². The van der Waals surface area contributed by atoms with E-state index in [9.17, 15) is 18.0 Å². The van der Waals surface area contributed by atoms with Gasteiger partial charge in [0.15, 0.2) is 5.69 Å². The Hall–Kier alpha value is -1.86. The van der Waals surface area contributed by atoms with Gasteiger partial charge in [0, 0.05) is 0 Å². The molecule has 17 heavy (non-hydrogen) atoms. The van der Waals surface area contributed by atoms with E-state index in [1.807, 2.05) is 0 Å². The lowest BCUT2D eigenvalue weighted by Crippen LogP contribution is -2.17. The Labute approximate surface area is 94.3 Å². The predicted molar refractivity (Wildman–Crippen MR) is 49.7 cm³/mol. The van der Waals surface area contributed by atoms with E-state index in [-0.39, 0.29) is 11.7 Å². The van der Waals surface area contributed by atoms with Crippen molar-refractivity contribution in [1.29, 1.82) is 0 Å². The second-order valence-electron chi connectivity index (χ2n) is 3.18. The molecule has 0 fully saturated rings. The van der Waals surface area contributed by atoms with Gasteiger partial charge >= 0.3 is 12.1 Å². The maximum atomic E-state index is 12.7. The molecule has 1 N–H and O–H groups in total. The fraction of sp³-hybridized carbons (Fsp3) is 0.444. The van der Waals surface area contributed by atoms with Gasteiger partial charge in [-0.3, -0.25) is 4.79 Å². The molecule has 0 bridgehead atoms. The number of hydrogen-bond donors (Lipinski definition) is 1. The lowest BCUT2D eigenvalue weighted by Gasteiger charge is -2.13. The first-order valence-corrected chi connectivity index (χ1v) is 4.46. The van der Waals surface area contributed by atoms with Crippen molar-refractivity contribution in [2.45, 2.75) is 19.5 Å². The van der Waals surface area contributed by atoms with Crippen LogP contribution in [-0.4, -0.2) is 28.2 Å². The Morgan fingerprint density at radius 2 is 2.00 bits per heavy atom. The van der Waals surface area contributed by atoms with E-state index in [2.05, 4.69) is 14.7 Å². The molecule has 0 spiro atoms. The molecule has 1 aromatic rings. The molecular weight excluding hydrogens is 241 g/mol. The number of hydrogen-bond acceptors (Lipinski definition) is 4. The number of ether oxygens (including phenoxy) is 1. The summed E-state index contributed by atoms with van der Waals surface area (Å²) in [5.41, 5.74) is -1.85. The molecule has 0 amide bonds. The van der Waals surface area contributed by atoms with Crippen LogP contribution < -0.4 is 4.74 Å². The van der Waals surface area contributed by atoms with Gasteiger partial charge in [-0.2, -0.15) is 18.2 Å². The van der Waals surface area contributed by atoms with Crippen LogP contribution in [0.1, 0.15) is 17.1 Å². The molecule has 0 aliphatic carbocycles. The first kappa shape index (κ1) is 13.2. The Morgan fingerprint density at radius 3 is 2.41 bits per heavy atom. The average Bonchev–Trinajstić information content (AvgIpc) is 2.17. The maximum Gasteiger partial charge on any atom is 0.433 e. The molecule has 94 valence electrons. The van der Waals surface area contributed by atoms with Gasteiger partial charge in [0.1, 0.15) is 5.82 Å². The van der Waals surface area contributed by atoms with Crippen LogP contribution in [0, 0.1) is 6.92 Å². The molecule has 0 saturated heterocycles. The summed E-state index contributed by atoms with van der Waals surface area (Å²) in [6.07, 6.45) is -5.59. The Bertz CT molecular complexity index is 446. The van der Waals surface area contributed by atoms with Gasteiger partial charge in [0.25, 0.3) is 0 Å². The van der Waals surface area contributed by atoms with Gasteiger partial charge < -0.3 is 9.84 Å². The zero-order chi connectivity index (χ0) is 13.2. The smallest absolute Gasteiger partial charge is 0.433 e. The molecule has 0 aromatic carbocycles. The minimum absolute atomic E-state index is 0.136. The number of rotatable bonds is 3. The number of methoxy groups -OCH3 is 1. The molecular formula is C9H9F3N2O3. The number of aryl methyl sites for hydroxylation is 1. The fourth-order valence-corrected chi connectivity index (χ4v) is 1.28. The Kier molecular flexibility index (Phi) is 3.54. The van der Waals surface area contributed by atoms with Crippen molar-refractivity contribution in [2.24, 2.45) is 0 Å². The summed E-state index contributed by atoms with van der Waals surface area (Å²) in [4.78, 5) is 17.4. The predicted octanol–water partition coefficient (Wildman–Crippen LogP) is 1.44. The van der Waals surface area contributed by atoms with Crippen molar-refractivity contribution in [3.8, 4) is 5.88 Å². The SMILES string of the molecule is COc1nc(C)nc(C(F)(F)F)c1CC(=O)O. The van der Waals surface area contributed by atoms with Gasteiger partial charge in [-0.1, -0.05) is 0 Å². The van der Waals surface area contributed by atoms with Crippen molar-refractivity contribution >= 4 is 5.97 Å². The monoisotopic (exact) mass is 250 g/mol. The number of carboxylic acid groups (broad SMARTS) is 1. The summed E-state index contributed by atoms with van der Waals surface area (Å²) in [5.74, 6) is -1.92. The minimum atomic E-state index is -4.74. The lowest BCUT2D eigenvalue weighted by molar-refractivity contribution is -0.143. The lowest BCUT2D eigenvalue weighted by atomic mass is 10.1. The quantitative estimate of drug-likeness (QED) is 0.878. The van der Waals surface area contributed by atoms with Crippen LogP contribution in [-0.2, 0) is 17.4 Å². The van der Waals surface area contributed by atoms with Crippen LogP contribution in [0.25, 0.3) is 0 Å². The molecule has 1 rings (SSSR count). The normalized spacial score (nSPS) is 11.4. The van der Waals surface area contributed by atoms with E-state index in [1.165, 1.54) is 6.92 Å². The first-order valence-electron chi connectivity index (χ1n) is 4.46. The Morgan fingerprint density at radius 1 is 1.41 bits per heavy atom. The largest absolute Gasteiger partial charge is 0.481 e.